The Morgan fingerprint density at radius 2 is 1.94 bits per heavy atom. The standard InChI is InChI=1S/C10H15N4OS/c11-10(12)13-4-7-16-9(15)8-14-5-2-1-3-6-14/h1-3,5-6H,4,7-8H2,(H4,11,12,13)/q+1. The molecule has 1 aromatic heterocycles. The maximum Gasteiger partial charge on any atom is 0.253 e. The summed E-state index contributed by atoms with van der Waals surface area (Å²) in [6, 6.07) is 5.68. The number of aromatic nitrogens is 1. The average Bonchev–Trinajstić information content (AvgIpc) is 2.25. The molecule has 6 heteroatoms. The molecule has 0 saturated carbocycles. The highest BCUT2D eigenvalue weighted by atomic mass is 32.2. The van der Waals surface area contributed by atoms with Crippen molar-refractivity contribution in [2.24, 2.45) is 16.5 Å². The first-order valence-electron chi connectivity index (χ1n) is 4.83. The number of thioether (sulfide) groups is 1. The molecule has 0 atom stereocenters. The molecule has 16 heavy (non-hydrogen) atoms. The smallest absolute Gasteiger partial charge is 0.253 e. The van der Waals surface area contributed by atoms with Crippen LogP contribution < -0.4 is 16.0 Å². The van der Waals surface area contributed by atoms with Gasteiger partial charge in [0.2, 0.25) is 6.54 Å². The van der Waals surface area contributed by atoms with E-state index in [-0.39, 0.29) is 11.1 Å². The molecule has 1 aromatic rings. The minimum Gasteiger partial charge on any atom is -0.370 e. The molecule has 86 valence electrons. The molecule has 0 saturated heterocycles. The van der Waals surface area contributed by atoms with Crippen molar-refractivity contribution in [3.8, 4) is 0 Å². The second-order valence-electron chi connectivity index (χ2n) is 3.07. The molecular weight excluding hydrogens is 224 g/mol. The predicted octanol–water partition coefficient (Wildman–Crippen LogP) is -0.493. The van der Waals surface area contributed by atoms with Crippen LogP contribution in [0.2, 0.25) is 0 Å². The first kappa shape index (κ1) is 12.5. The van der Waals surface area contributed by atoms with Crippen LogP contribution in [0.15, 0.2) is 35.6 Å². The molecule has 0 fully saturated rings. The van der Waals surface area contributed by atoms with Crippen molar-refractivity contribution < 1.29 is 9.36 Å². The third-order valence-corrected chi connectivity index (χ3v) is 2.58. The number of carbonyl (C=O) groups is 1. The predicted molar refractivity (Wildman–Crippen MR) is 64.8 cm³/mol. The van der Waals surface area contributed by atoms with Gasteiger partial charge in [0.1, 0.15) is 0 Å². The van der Waals surface area contributed by atoms with Gasteiger partial charge in [-0.15, -0.1) is 0 Å². The largest absolute Gasteiger partial charge is 0.370 e. The van der Waals surface area contributed by atoms with Gasteiger partial charge in [-0.1, -0.05) is 17.8 Å². The second kappa shape index (κ2) is 6.84. The Balaban J connectivity index is 2.24. The van der Waals surface area contributed by atoms with E-state index in [4.69, 9.17) is 11.5 Å². The highest BCUT2D eigenvalue weighted by Gasteiger charge is 2.08. The quantitative estimate of drug-likeness (QED) is 0.314. The molecule has 0 amide bonds. The van der Waals surface area contributed by atoms with Crippen molar-refractivity contribution in [1.82, 2.24) is 0 Å². The summed E-state index contributed by atoms with van der Waals surface area (Å²) in [6.45, 7) is 0.839. The number of nitrogens with two attached hydrogens (primary N) is 2. The van der Waals surface area contributed by atoms with Gasteiger partial charge in [-0.3, -0.25) is 9.79 Å². The summed E-state index contributed by atoms with van der Waals surface area (Å²) in [4.78, 5) is 15.3. The molecule has 0 unspecified atom stereocenters. The summed E-state index contributed by atoms with van der Waals surface area (Å²) in [5.74, 6) is 0.662. The SMILES string of the molecule is NC(N)=NCCSC(=O)C[n+]1ccccc1. The zero-order valence-electron chi connectivity index (χ0n) is 8.87. The van der Waals surface area contributed by atoms with E-state index in [0.717, 1.165) is 0 Å². The number of carbonyl (C=O) groups excluding carboxylic acids is 1. The average molecular weight is 239 g/mol. The van der Waals surface area contributed by atoms with Gasteiger partial charge in [0.05, 0.1) is 6.54 Å². The van der Waals surface area contributed by atoms with Gasteiger partial charge in [0.15, 0.2) is 18.4 Å². The molecule has 0 aliphatic rings. The summed E-state index contributed by atoms with van der Waals surface area (Å²) >= 11 is 1.24. The van der Waals surface area contributed by atoms with Gasteiger partial charge >= 0.3 is 0 Å². The maximum absolute atomic E-state index is 11.5. The Morgan fingerprint density at radius 1 is 1.25 bits per heavy atom. The van der Waals surface area contributed by atoms with E-state index < -0.39 is 0 Å². The first-order chi connectivity index (χ1) is 7.68. The van der Waals surface area contributed by atoms with Crippen LogP contribution in [0.5, 0.6) is 0 Å². The van der Waals surface area contributed by atoms with Gasteiger partial charge in [-0.05, 0) is 0 Å². The van der Waals surface area contributed by atoms with Gasteiger partial charge < -0.3 is 11.5 Å². The van der Waals surface area contributed by atoms with E-state index >= 15 is 0 Å². The normalized spacial score (nSPS) is 9.75. The summed E-state index contributed by atoms with van der Waals surface area (Å²) < 4.78 is 1.83. The van der Waals surface area contributed by atoms with Crippen molar-refractivity contribution in [1.29, 1.82) is 0 Å². The van der Waals surface area contributed by atoms with E-state index in [9.17, 15) is 4.79 Å². The molecule has 0 aromatic carbocycles. The Labute approximate surface area is 98.5 Å². The van der Waals surface area contributed by atoms with E-state index in [1.165, 1.54) is 11.8 Å². The van der Waals surface area contributed by atoms with Gasteiger partial charge in [0.25, 0.3) is 5.12 Å². The third-order valence-electron chi connectivity index (χ3n) is 1.74. The van der Waals surface area contributed by atoms with Crippen molar-refractivity contribution in [3.05, 3.63) is 30.6 Å². The highest BCUT2D eigenvalue weighted by Crippen LogP contribution is 2.01. The zero-order chi connectivity index (χ0) is 11.8. The fourth-order valence-electron chi connectivity index (χ4n) is 1.07. The lowest BCUT2D eigenvalue weighted by Crippen LogP contribution is -2.35. The molecule has 0 aliphatic heterocycles. The number of hydrogen-bond donors (Lipinski definition) is 2. The minimum absolute atomic E-state index is 0.0606. The summed E-state index contributed by atoms with van der Waals surface area (Å²) in [5.41, 5.74) is 10.3. The van der Waals surface area contributed by atoms with Crippen LogP contribution in [0.1, 0.15) is 0 Å². The Bertz CT molecular complexity index is 362. The summed E-state index contributed by atoms with van der Waals surface area (Å²) in [6.07, 6.45) is 3.71. The molecule has 0 bridgehead atoms. The van der Waals surface area contributed by atoms with Crippen LogP contribution in [0.3, 0.4) is 0 Å². The van der Waals surface area contributed by atoms with Crippen molar-refractivity contribution in [2.45, 2.75) is 6.54 Å². The fourth-order valence-corrected chi connectivity index (χ4v) is 1.72. The highest BCUT2D eigenvalue weighted by molar-refractivity contribution is 8.13. The molecule has 1 rings (SSSR count). The number of guanidine groups is 1. The van der Waals surface area contributed by atoms with Crippen LogP contribution in [-0.2, 0) is 11.3 Å². The van der Waals surface area contributed by atoms with Crippen LogP contribution in [0.25, 0.3) is 0 Å². The lowest BCUT2D eigenvalue weighted by Gasteiger charge is -1.96. The first-order valence-corrected chi connectivity index (χ1v) is 5.82. The molecule has 0 aliphatic carbocycles. The third kappa shape index (κ3) is 5.35. The van der Waals surface area contributed by atoms with E-state index in [1.54, 1.807) is 0 Å². The summed E-state index contributed by atoms with van der Waals surface area (Å²) in [7, 11) is 0. The molecule has 4 N–H and O–H groups in total. The molecule has 0 spiro atoms. The van der Waals surface area contributed by atoms with Gasteiger partial charge in [-0.25, -0.2) is 0 Å². The lowest BCUT2D eigenvalue weighted by atomic mass is 10.5. The Kier molecular flexibility index (Phi) is 5.35. The molecule has 5 nitrogen and oxygen atoms in total. The van der Waals surface area contributed by atoms with E-state index in [2.05, 4.69) is 4.99 Å². The topological polar surface area (TPSA) is 85.3 Å². The second-order valence-corrected chi connectivity index (χ2v) is 4.23. The van der Waals surface area contributed by atoms with Gasteiger partial charge in [-0.2, -0.15) is 4.57 Å². The van der Waals surface area contributed by atoms with Gasteiger partial charge in [0, 0.05) is 17.9 Å². The van der Waals surface area contributed by atoms with Crippen molar-refractivity contribution in [3.63, 3.8) is 0 Å². The van der Waals surface area contributed by atoms with E-state index in [1.807, 2.05) is 35.2 Å². The summed E-state index contributed by atoms with van der Waals surface area (Å²) in [5, 5.41) is 0.0991. The molecular formula is C10H15N4OS+. The number of nitrogens with zero attached hydrogens (tertiary/aromatic N) is 2. The Hall–Kier alpha value is -1.56. The minimum atomic E-state index is 0.0606. The maximum atomic E-state index is 11.5. The van der Waals surface area contributed by atoms with E-state index in [0.29, 0.717) is 18.8 Å². The van der Waals surface area contributed by atoms with Crippen LogP contribution in [0.4, 0.5) is 0 Å². The number of hydrogen-bond acceptors (Lipinski definition) is 3. The van der Waals surface area contributed by atoms with Crippen molar-refractivity contribution in [2.75, 3.05) is 12.3 Å². The fraction of sp³-hybridized carbons (Fsp3) is 0.300. The molecule has 0 radical (unpaired) electrons. The lowest BCUT2D eigenvalue weighted by molar-refractivity contribution is -0.683. The zero-order valence-corrected chi connectivity index (χ0v) is 9.69. The van der Waals surface area contributed by atoms with Crippen LogP contribution in [-0.4, -0.2) is 23.4 Å². The number of rotatable bonds is 5. The number of pyridine rings is 1. The monoisotopic (exact) mass is 239 g/mol. The van der Waals surface area contributed by atoms with Crippen molar-refractivity contribution >= 4 is 22.8 Å². The molecule has 1 heterocycles. The number of aliphatic imine (C=N–C) groups is 1. The van der Waals surface area contributed by atoms with Crippen LogP contribution in [0, 0.1) is 0 Å². The van der Waals surface area contributed by atoms with Crippen LogP contribution >= 0.6 is 11.8 Å². The Morgan fingerprint density at radius 3 is 2.56 bits per heavy atom.